The van der Waals surface area contributed by atoms with E-state index < -0.39 is 11.6 Å². The zero-order valence-electron chi connectivity index (χ0n) is 11.7. The van der Waals surface area contributed by atoms with E-state index in [1.807, 2.05) is 7.05 Å². The zero-order chi connectivity index (χ0) is 14.7. The molecule has 20 heavy (non-hydrogen) atoms. The first-order valence-corrected chi connectivity index (χ1v) is 7.02. The lowest BCUT2D eigenvalue weighted by Crippen LogP contribution is -2.37. The summed E-state index contributed by atoms with van der Waals surface area (Å²) in [6.45, 7) is 1.70. The highest BCUT2D eigenvalue weighted by Crippen LogP contribution is 2.27. The van der Waals surface area contributed by atoms with Crippen LogP contribution in [0.4, 0.5) is 8.78 Å². The number of halogens is 2. The molecule has 1 unspecified atom stereocenters. The molecule has 0 aromatic heterocycles. The maximum Gasteiger partial charge on any atom is 0.126 e. The van der Waals surface area contributed by atoms with Gasteiger partial charge in [0.15, 0.2) is 0 Å². The van der Waals surface area contributed by atoms with Gasteiger partial charge in [-0.15, -0.1) is 0 Å². The second kappa shape index (κ2) is 6.61. The van der Waals surface area contributed by atoms with E-state index in [2.05, 4.69) is 4.90 Å². The van der Waals surface area contributed by atoms with Gasteiger partial charge in [-0.2, -0.15) is 0 Å². The Labute approximate surface area is 118 Å². The molecule has 3 N–H and O–H groups in total. The van der Waals surface area contributed by atoms with Crippen molar-refractivity contribution in [1.82, 2.24) is 4.90 Å². The van der Waals surface area contributed by atoms with Gasteiger partial charge in [-0.05, 0) is 56.5 Å². The fraction of sp³-hybridized carbons (Fsp3) is 0.600. The van der Waals surface area contributed by atoms with Gasteiger partial charge in [0.2, 0.25) is 0 Å². The quantitative estimate of drug-likeness (QED) is 0.840. The van der Waals surface area contributed by atoms with E-state index in [1.165, 1.54) is 12.1 Å². The zero-order valence-corrected chi connectivity index (χ0v) is 11.7. The Morgan fingerprint density at radius 2 is 1.90 bits per heavy atom. The second-order valence-corrected chi connectivity index (χ2v) is 5.85. The van der Waals surface area contributed by atoms with Crippen molar-refractivity contribution in [3.63, 3.8) is 0 Å². The molecule has 1 aromatic carbocycles. The molecule has 5 heteroatoms. The molecular weight excluding hydrogens is 262 g/mol. The van der Waals surface area contributed by atoms with Crippen molar-refractivity contribution in [2.24, 2.45) is 11.7 Å². The normalized spacial score (nSPS) is 23.7. The van der Waals surface area contributed by atoms with E-state index in [-0.39, 0.29) is 12.1 Å². The number of aliphatic hydroxyl groups excluding tert-OH is 1. The summed E-state index contributed by atoms with van der Waals surface area (Å²) in [4.78, 5) is 2.16. The van der Waals surface area contributed by atoms with Crippen LogP contribution >= 0.6 is 0 Å². The largest absolute Gasteiger partial charge is 0.393 e. The number of aliphatic hydroxyl groups is 1. The molecule has 1 aromatic rings. The number of nitrogens with two attached hydrogens (primary N) is 1. The van der Waals surface area contributed by atoms with Gasteiger partial charge in [0.1, 0.15) is 11.6 Å². The van der Waals surface area contributed by atoms with Crippen molar-refractivity contribution in [3.8, 4) is 0 Å². The highest BCUT2D eigenvalue weighted by atomic mass is 19.1. The Balaban J connectivity index is 1.77. The van der Waals surface area contributed by atoms with Crippen LogP contribution in [0.15, 0.2) is 18.2 Å². The summed E-state index contributed by atoms with van der Waals surface area (Å²) in [5.41, 5.74) is 6.48. The lowest BCUT2D eigenvalue weighted by atomic mass is 9.82. The van der Waals surface area contributed by atoms with Crippen LogP contribution in [0.2, 0.25) is 0 Å². The van der Waals surface area contributed by atoms with Crippen molar-refractivity contribution >= 4 is 0 Å². The van der Waals surface area contributed by atoms with E-state index in [0.717, 1.165) is 32.0 Å². The fourth-order valence-corrected chi connectivity index (χ4v) is 2.70. The first-order chi connectivity index (χ1) is 9.44. The van der Waals surface area contributed by atoms with Crippen molar-refractivity contribution in [1.29, 1.82) is 0 Å². The first kappa shape index (κ1) is 15.4. The van der Waals surface area contributed by atoms with Gasteiger partial charge >= 0.3 is 0 Å². The SMILES string of the molecule is CN(CCC(N)c1cc(F)cc(F)c1)CC1CC(O)C1. The van der Waals surface area contributed by atoms with Crippen molar-refractivity contribution in [2.45, 2.75) is 31.4 Å². The third-order valence-electron chi connectivity index (χ3n) is 3.92. The Morgan fingerprint density at radius 3 is 2.45 bits per heavy atom. The Hall–Kier alpha value is -1.04. The molecule has 3 nitrogen and oxygen atoms in total. The van der Waals surface area contributed by atoms with E-state index in [0.29, 0.717) is 17.9 Å². The van der Waals surface area contributed by atoms with Gasteiger partial charge in [0.25, 0.3) is 0 Å². The fourth-order valence-electron chi connectivity index (χ4n) is 2.70. The van der Waals surface area contributed by atoms with Crippen LogP contribution in [-0.4, -0.2) is 36.2 Å². The minimum atomic E-state index is -0.590. The Morgan fingerprint density at radius 1 is 1.30 bits per heavy atom. The highest BCUT2D eigenvalue weighted by molar-refractivity contribution is 5.21. The summed E-state index contributed by atoms with van der Waals surface area (Å²) in [5.74, 6) is -0.627. The number of hydrogen-bond acceptors (Lipinski definition) is 3. The van der Waals surface area contributed by atoms with Crippen molar-refractivity contribution < 1.29 is 13.9 Å². The molecule has 1 aliphatic rings. The molecule has 0 spiro atoms. The van der Waals surface area contributed by atoms with Crippen LogP contribution in [0.1, 0.15) is 30.9 Å². The van der Waals surface area contributed by atoms with Crippen molar-refractivity contribution in [3.05, 3.63) is 35.4 Å². The molecule has 0 saturated heterocycles. The third kappa shape index (κ3) is 4.23. The molecule has 1 atom stereocenters. The molecule has 1 aliphatic carbocycles. The minimum absolute atomic E-state index is 0.133. The molecule has 0 aliphatic heterocycles. The molecule has 0 heterocycles. The summed E-state index contributed by atoms with van der Waals surface area (Å²) in [5, 5.41) is 9.24. The van der Waals surface area contributed by atoms with Crippen LogP contribution < -0.4 is 5.73 Å². The Kier molecular flexibility index (Phi) is 5.07. The Bertz CT molecular complexity index is 429. The number of nitrogens with zero attached hydrogens (tertiary/aromatic N) is 1. The maximum absolute atomic E-state index is 13.1. The predicted octanol–water partition coefficient (Wildman–Crippen LogP) is 2.06. The second-order valence-electron chi connectivity index (χ2n) is 5.85. The van der Waals surface area contributed by atoms with Crippen LogP contribution in [0.5, 0.6) is 0 Å². The number of hydrogen-bond donors (Lipinski definition) is 2. The average Bonchev–Trinajstić information content (AvgIpc) is 2.33. The van der Waals surface area contributed by atoms with Gasteiger partial charge in [-0.25, -0.2) is 8.78 Å². The molecule has 0 bridgehead atoms. The highest BCUT2D eigenvalue weighted by Gasteiger charge is 2.27. The van der Waals surface area contributed by atoms with Gasteiger partial charge in [0.05, 0.1) is 6.10 Å². The van der Waals surface area contributed by atoms with E-state index in [4.69, 9.17) is 5.73 Å². The lowest BCUT2D eigenvalue weighted by molar-refractivity contribution is 0.0280. The van der Waals surface area contributed by atoms with E-state index in [1.54, 1.807) is 0 Å². The minimum Gasteiger partial charge on any atom is -0.393 e. The van der Waals surface area contributed by atoms with Gasteiger partial charge in [0, 0.05) is 18.7 Å². The van der Waals surface area contributed by atoms with Crippen molar-refractivity contribution in [2.75, 3.05) is 20.1 Å². The molecule has 1 saturated carbocycles. The van der Waals surface area contributed by atoms with Crippen LogP contribution in [0.3, 0.4) is 0 Å². The summed E-state index contributed by atoms with van der Waals surface area (Å²) in [6, 6.07) is 3.06. The summed E-state index contributed by atoms with van der Waals surface area (Å²) >= 11 is 0. The molecule has 0 radical (unpaired) electrons. The third-order valence-corrected chi connectivity index (χ3v) is 3.92. The molecular formula is C15H22F2N2O. The first-order valence-electron chi connectivity index (χ1n) is 7.02. The smallest absolute Gasteiger partial charge is 0.126 e. The van der Waals surface area contributed by atoms with E-state index >= 15 is 0 Å². The lowest BCUT2D eigenvalue weighted by Gasteiger charge is -2.34. The van der Waals surface area contributed by atoms with Gasteiger partial charge in [-0.3, -0.25) is 0 Å². The van der Waals surface area contributed by atoms with E-state index in [9.17, 15) is 13.9 Å². The molecule has 1 fully saturated rings. The molecule has 112 valence electrons. The predicted molar refractivity (Wildman–Crippen MR) is 74.1 cm³/mol. The molecule has 0 amide bonds. The maximum atomic E-state index is 13.1. The van der Waals surface area contributed by atoms with Crippen LogP contribution in [0.25, 0.3) is 0 Å². The average molecular weight is 284 g/mol. The number of rotatable bonds is 6. The summed E-state index contributed by atoms with van der Waals surface area (Å²) in [7, 11) is 2.00. The monoisotopic (exact) mass is 284 g/mol. The van der Waals surface area contributed by atoms with Crippen LogP contribution in [0, 0.1) is 17.6 Å². The number of benzene rings is 1. The molecule has 2 rings (SSSR count). The summed E-state index contributed by atoms with van der Waals surface area (Å²) in [6.07, 6.45) is 2.25. The topological polar surface area (TPSA) is 49.5 Å². The van der Waals surface area contributed by atoms with Gasteiger partial charge in [-0.1, -0.05) is 0 Å². The van der Waals surface area contributed by atoms with Crippen LogP contribution in [-0.2, 0) is 0 Å². The van der Waals surface area contributed by atoms with Gasteiger partial charge < -0.3 is 15.7 Å². The standard InChI is InChI=1S/C15H22F2N2O/c1-19(9-10-4-14(20)5-10)3-2-15(18)11-6-12(16)8-13(17)7-11/h6-8,10,14-15,20H,2-5,9,18H2,1H3. The summed E-state index contributed by atoms with van der Waals surface area (Å²) < 4.78 is 26.2.